The minimum Gasteiger partial charge on any atom is -0.360 e. The Bertz CT molecular complexity index is 1300. The number of nitrogens with one attached hydrogen (secondary N) is 2. The van der Waals surface area contributed by atoms with Gasteiger partial charge < -0.3 is 4.98 Å². The van der Waals surface area contributed by atoms with Gasteiger partial charge in [0, 0.05) is 34.6 Å². The number of fused-ring (bicyclic) bond motifs is 2. The van der Waals surface area contributed by atoms with E-state index in [0.717, 1.165) is 22.9 Å². The van der Waals surface area contributed by atoms with E-state index in [1.807, 2.05) is 25.3 Å². The first kappa shape index (κ1) is 18.6. The van der Waals surface area contributed by atoms with E-state index in [1.165, 1.54) is 10.2 Å². The van der Waals surface area contributed by atoms with E-state index in [4.69, 9.17) is 0 Å². The summed E-state index contributed by atoms with van der Waals surface area (Å²) in [6.45, 7) is 4.30. The summed E-state index contributed by atoms with van der Waals surface area (Å²) in [5.74, 6) is -0.464. The number of amides is 1. The van der Waals surface area contributed by atoms with Gasteiger partial charge in [-0.25, -0.2) is 10.1 Å². The van der Waals surface area contributed by atoms with Crippen molar-refractivity contribution in [2.75, 3.05) is 0 Å². The Balaban J connectivity index is 1.64. The van der Waals surface area contributed by atoms with E-state index >= 15 is 0 Å². The zero-order valence-electron chi connectivity index (χ0n) is 16.3. The first-order valence-electron chi connectivity index (χ1n) is 9.56. The van der Waals surface area contributed by atoms with Crippen molar-refractivity contribution in [3.8, 4) is 0 Å². The molecule has 0 radical (unpaired) electrons. The molecule has 0 aliphatic heterocycles. The second-order valence-electron chi connectivity index (χ2n) is 6.65. The Morgan fingerprint density at radius 3 is 2.66 bits per heavy atom. The number of aromatic amines is 1. The second kappa shape index (κ2) is 7.71. The molecule has 1 amide bonds. The Kier molecular flexibility index (Phi) is 4.95. The molecule has 2 aromatic heterocycles. The van der Waals surface area contributed by atoms with E-state index in [9.17, 15) is 9.59 Å². The van der Waals surface area contributed by atoms with Crippen LogP contribution in [-0.4, -0.2) is 26.9 Å². The molecule has 0 unspecified atom stereocenters. The van der Waals surface area contributed by atoms with Crippen molar-refractivity contribution in [1.82, 2.24) is 20.2 Å². The zero-order valence-corrected chi connectivity index (χ0v) is 16.3. The van der Waals surface area contributed by atoms with Crippen LogP contribution < -0.4 is 11.0 Å². The van der Waals surface area contributed by atoms with Gasteiger partial charge in [-0.2, -0.15) is 10.2 Å². The van der Waals surface area contributed by atoms with Gasteiger partial charge in [-0.1, -0.05) is 43.3 Å². The summed E-state index contributed by atoms with van der Waals surface area (Å²) >= 11 is 0. The predicted octanol–water partition coefficient (Wildman–Crippen LogP) is 3.22. The summed E-state index contributed by atoms with van der Waals surface area (Å²) in [7, 11) is 0. The highest BCUT2D eigenvalue weighted by atomic mass is 16.2. The van der Waals surface area contributed by atoms with E-state index in [1.54, 1.807) is 30.5 Å². The van der Waals surface area contributed by atoms with E-state index in [0.29, 0.717) is 17.3 Å². The molecule has 0 aliphatic carbocycles. The lowest BCUT2D eigenvalue weighted by molar-refractivity contribution is 0.0949. The van der Waals surface area contributed by atoms with Gasteiger partial charge in [0.05, 0.1) is 11.6 Å². The van der Waals surface area contributed by atoms with Crippen LogP contribution in [0.3, 0.4) is 0 Å². The summed E-state index contributed by atoms with van der Waals surface area (Å²) in [6.07, 6.45) is 4.40. The molecule has 2 N–H and O–H groups in total. The maximum atomic E-state index is 12.7. The van der Waals surface area contributed by atoms with Crippen molar-refractivity contribution in [3.63, 3.8) is 0 Å². The number of para-hydroxylation sites is 1. The van der Waals surface area contributed by atoms with Crippen LogP contribution in [0.1, 0.15) is 35.5 Å². The third kappa shape index (κ3) is 3.31. The van der Waals surface area contributed by atoms with Gasteiger partial charge in [0.25, 0.3) is 11.5 Å². The fraction of sp³-hybridized carbons (Fsp3) is 0.182. The van der Waals surface area contributed by atoms with Crippen LogP contribution in [0.4, 0.5) is 0 Å². The van der Waals surface area contributed by atoms with E-state index in [2.05, 4.69) is 33.6 Å². The maximum Gasteiger partial charge on any atom is 0.292 e. The van der Waals surface area contributed by atoms with Crippen LogP contribution >= 0.6 is 0 Å². The van der Waals surface area contributed by atoms with Crippen LogP contribution in [0.2, 0.25) is 0 Å². The van der Waals surface area contributed by atoms with Gasteiger partial charge in [-0.05, 0) is 25.0 Å². The lowest BCUT2D eigenvalue weighted by atomic mass is 10.1. The molecule has 0 aliphatic rings. The number of carbonyl (C=O) groups is 1. The van der Waals surface area contributed by atoms with Crippen LogP contribution in [0.25, 0.3) is 21.7 Å². The quantitative estimate of drug-likeness (QED) is 0.407. The summed E-state index contributed by atoms with van der Waals surface area (Å²) < 4.78 is 1.28. The normalized spacial score (nSPS) is 11.5. The average Bonchev–Trinajstić information content (AvgIpc) is 3.17. The largest absolute Gasteiger partial charge is 0.360 e. The lowest BCUT2D eigenvalue weighted by Crippen LogP contribution is -2.28. The number of hydrazone groups is 1. The summed E-state index contributed by atoms with van der Waals surface area (Å²) in [4.78, 5) is 28.4. The topological polar surface area (TPSA) is 92.1 Å². The third-order valence-electron chi connectivity index (χ3n) is 4.97. The Hall–Kier alpha value is -3.74. The van der Waals surface area contributed by atoms with Crippen molar-refractivity contribution in [1.29, 1.82) is 0 Å². The Labute approximate surface area is 167 Å². The first-order valence-corrected chi connectivity index (χ1v) is 9.56. The number of benzene rings is 2. The number of hydrogen-bond acceptors (Lipinski definition) is 4. The van der Waals surface area contributed by atoms with Gasteiger partial charge >= 0.3 is 0 Å². The SMILES string of the molecule is CCc1cccc2c(/C=N/NC(=O)c3nn(CC)c(=O)c4ccccc34)c[nH]c12. The third-order valence-corrected chi connectivity index (χ3v) is 4.97. The minimum atomic E-state index is -0.464. The highest BCUT2D eigenvalue weighted by Crippen LogP contribution is 2.21. The number of H-pyrrole nitrogens is 1. The monoisotopic (exact) mass is 387 g/mol. The maximum absolute atomic E-state index is 12.7. The summed E-state index contributed by atoms with van der Waals surface area (Å²) in [6, 6.07) is 13.1. The highest BCUT2D eigenvalue weighted by Gasteiger charge is 2.15. The molecule has 0 saturated carbocycles. The molecule has 7 nitrogen and oxygen atoms in total. The molecule has 0 bridgehead atoms. The molecule has 4 rings (SSSR count). The molecule has 146 valence electrons. The Morgan fingerprint density at radius 2 is 1.90 bits per heavy atom. The fourth-order valence-corrected chi connectivity index (χ4v) is 3.47. The second-order valence-corrected chi connectivity index (χ2v) is 6.65. The average molecular weight is 387 g/mol. The fourth-order valence-electron chi connectivity index (χ4n) is 3.47. The van der Waals surface area contributed by atoms with Crippen molar-refractivity contribution in [2.45, 2.75) is 26.8 Å². The molecular weight excluding hydrogens is 366 g/mol. The van der Waals surface area contributed by atoms with Crippen molar-refractivity contribution in [2.24, 2.45) is 5.10 Å². The molecular formula is C22H21N5O2. The van der Waals surface area contributed by atoms with Crippen molar-refractivity contribution >= 4 is 33.8 Å². The molecule has 2 aromatic carbocycles. The van der Waals surface area contributed by atoms with Crippen LogP contribution in [0.15, 0.2) is 58.6 Å². The molecule has 7 heteroatoms. The Morgan fingerprint density at radius 1 is 1.14 bits per heavy atom. The van der Waals surface area contributed by atoms with Crippen LogP contribution in [0.5, 0.6) is 0 Å². The number of aromatic nitrogens is 3. The van der Waals surface area contributed by atoms with Gasteiger partial charge in [0.15, 0.2) is 5.69 Å². The van der Waals surface area contributed by atoms with Gasteiger partial charge in [0.1, 0.15) is 0 Å². The number of carbonyl (C=O) groups excluding carboxylic acids is 1. The van der Waals surface area contributed by atoms with Gasteiger partial charge in [-0.15, -0.1) is 0 Å². The standard InChI is InChI=1S/C22H21N5O2/c1-3-14-8-7-11-16-15(12-23-19(14)16)13-24-25-21(28)20-17-9-5-6-10-18(17)22(29)27(4-2)26-20/h5-13,23H,3-4H2,1-2H3,(H,25,28)/b24-13+. The van der Waals surface area contributed by atoms with Gasteiger partial charge in [-0.3, -0.25) is 9.59 Å². The predicted molar refractivity (Wildman–Crippen MR) is 114 cm³/mol. The molecule has 0 fully saturated rings. The van der Waals surface area contributed by atoms with Crippen LogP contribution in [-0.2, 0) is 13.0 Å². The molecule has 0 atom stereocenters. The lowest BCUT2D eigenvalue weighted by Gasteiger charge is -2.08. The molecule has 0 saturated heterocycles. The smallest absolute Gasteiger partial charge is 0.292 e. The summed E-state index contributed by atoms with van der Waals surface area (Å²) in [5.41, 5.74) is 5.67. The summed E-state index contributed by atoms with van der Waals surface area (Å²) in [5, 5.41) is 10.3. The molecule has 29 heavy (non-hydrogen) atoms. The molecule has 0 spiro atoms. The number of nitrogens with zero attached hydrogens (tertiary/aromatic N) is 3. The molecule has 2 heterocycles. The first-order chi connectivity index (χ1) is 14.1. The van der Waals surface area contributed by atoms with Crippen LogP contribution in [0, 0.1) is 0 Å². The number of rotatable bonds is 5. The zero-order chi connectivity index (χ0) is 20.4. The van der Waals surface area contributed by atoms with Crippen molar-refractivity contribution < 1.29 is 4.79 Å². The van der Waals surface area contributed by atoms with E-state index in [-0.39, 0.29) is 11.3 Å². The van der Waals surface area contributed by atoms with Gasteiger partial charge in [0.2, 0.25) is 0 Å². The van der Waals surface area contributed by atoms with E-state index < -0.39 is 5.91 Å². The van der Waals surface area contributed by atoms with Crippen molar-refractivity contribution in [3.05, 3.63) is 75.8 Å². The highest BCUT2D eigenvalue weighted by molar-refractivity contribution is 6.05. The molecule has 4 aromatic rings. The number of hydrogen-bond donors (Lipinski definition) is 2. The number of aryl methyl sites for hydroxylation is 2. The minimum absolute atomic E-state index is 0.173.